The minimum atomic E-state index is -3.60. The normalized spacial score (nSPS) is 26.7. The smallest absolute Gasteiger partial charge is 0.325 e. The van der Waals surface area contributed by atoms with Crippen molar-refractivity contribution in [1.29, 1.82) is 0 Å². The summed E-state index contributed by atoms with van der Waals surface area (Å²) < 4.78 is 30.3. The lowest BCUT2D eigenvalue weighted by molar-refractivity contribution is -0.140. The minimum Gasteiger partial charge on any atom is -0.468 e. The van der Waals surface area contributed by atoms with Gasteiger partial charge in [-0.05, 0) is 26.0 Å². The summed E-state index contributed by atoms with van der Waals surface area (Å²) in [6.45, 7) is 3.57. The van der Waals surface area contributed by atoms with Crippen molar-refractivity contribution in [2.45, 2.75) is 30.8 Å². The molecule has 1 aromatic carbocycles. The second-order valence-electron chi connectivity index (χ2n) is 4.36. The number of carbonyl (C=O) groups is 1. The molecule has 0 saturated carbocycles. The van der Waals surface area contributed by atoms with Gasteiger partial charge in [0, 0.05) is 0 Å². The third-order valence-corrected chi connectivity index (χ3v) is 5.06. The molecule has 98 valence electrons. The zero-order valence-corrected chi connectivity index (χ0v) is 11.3. The molecule has 5 nitrogen and oxygen atoms in total. The molecule has 1 saturated heterocycles. The number of carbonyl (C=O) groups excluding carboxylic acids is 1. The highest BCUT2D eigenvalue weighted by Gasteiger charge is 2.57. The molecule has 18 heavy (non-hydrogen) atoms. The van der Waals surface area contributed by atoms with Crippen molar-refractivity contribution in [1.82, 2.24) is 4.31 Å². The van der Waals surface area contributed by atoms with Gasteiger partial charge in [-0.15, -0.1) is 0 Å². The van der Waals surface area contributed by atoms with Crippen molar-refractivity contribution in [2.24, 2.45) is 0 Å². The molecule has 0 N–H and O–H groups in total. The van der Waals surface area contributed by atoms with Gasteiger partial charge in [0.05, 0.1) is 18.0 Å². The van der Waals surface area contributed by atoms with Gasteiger partial charge < -0.3 is 4.74 Å². The number of esters is 1. The molecule has 1 heterocycles. The summed E-state index contributed by atoms with van der Waals surface area (Å²) in [5.41, 5.74) is 0.984. The Morgan fingerprint density at radius 3 is 2.33 bits per heavy atom. The average molecular weight is 269 g/mol. The van der Waals surface area contributed by atoms with Crippen LogP contribution in [0.4, 0.5) is 0 Å². The molecule has 1 unspecified atom stereocenters. The molecule has 0 radical (unpaired) electrons. The van der Waals surface area contributed by atoms with Crippen LogP contribution in [-0.2, 0) is 19.6 Å². The third-order valence-electron chi connectivity index (χ3n) is 3.08. The number of hydrogen-bond donors (Lipinski definition) is 0. The maximum atomic E-state index is 12.3. The Kier molecular flexibility index (Phi) is 3.16. The van der Waals surface area contributed by atoms with Crippen LogP contribution >= 0.6 is 0 Å². The van der Waals surface area contributed by atoms with E-state index < -0.39 is 22.0 Å². The quantitative estimate of drug-likeness (QED) is 0.605. The molecule has 1 aliphatic heterocycles. The highest BCUT2D eigenvalue weighted by Crippen LogP contribution is 2.36. The van der Waals surface area contributed by atoms with Crippen molar-refractivity contribution < 1.29 is 17.9 Å². The maximum Gasteiger partial charge on any atom is 0.325 e. The Labute approximate surface area is 106 Å². The third kappa shape index (κ3) is 2.02. The Morgan fingerprint density at radius 2 is 1.83 bits per heavy atom. The lowest BCUT2D eigenvalue weighted by atomic mass is 10.2. The van der Waals surface area contributed by atoms with Crippen molar-refractivity contribution in [2.75, 3.05) is 7.11 Å². The summed E-state index contributed by atoms with van der Waals surface area (Å²) in [5, 5.41) is 0. The summed E-state index contributed by atoms with van der Waals surface area (Å²) in [6, 6.07) is 5.52. The second kappa shape index (κ2) is 4.37. The van der Waals surface area contributed by atoms with E-state index in [-0.39, 0.29) is 10.9 Å². The van der Waals surface area contributed by atoms with E-state index in [1.807, 2.05) is 6.92 Å². The molecule has 2 rings (SSSR count). The minimum absolute atomic E-state index is 0.200. The lowest BCUT2D eigenvalue weighted by Crippen LogP contribution is -2.20. The number of rotatable bonds is 3. The first-order chi connectivity index (χ1) is 8.39. The SMILES string of the molecule is COC(=O)[C@@H]1[C@H](C)N1S(=O)(=O)c1ccc(C)cc1. The molecular formula is C12H15NO4S. The molecule has 6 heteroatoms. The Bertz CT molecular complexity index is 564. The summed E-state index contributed by atoms with van der Waals surface area (Å²) in [6.07, 6.45) is 0. The zero-order chi connectivity index (χ0) is 13.5. The van der Waals surface area contributed by atoms with Crippen LogP contribution in [0.1, 0.15) is 12.5 Å². The number of hydrogen-bond acceptors (Lipinski definition) is 4. The van der Waals surface area contributed by atoms with Crippen molar-refractivity contribution in [3.8, 4) is 0 Å². The van der Waals surface area contributed by atoms with Crippen LogP contribution < -0.4 is 0 Å². The van der Waals surface area contributed by atoms with E-state index in [1.54, 1.807) is 31.2 Å². The van der Waals surface area contributed by atoms with Crippen molar-refractivity contribution in [3.63, 3.8) is 0 Å². The molecule has 0 aliphatic carbocycles. The van der Waals surface area contributed by atoms with Gasteiger partial charge >= 0.3 is 5.97 Å². The van der Waals surface area contributed by atoms with E-state index in [9.17, 15) is 13.2 Å². The molecule has 1 fully saturated rings. The fourth-order valence-electron chi connectivity index (χ4n) is 1.94. The highest BCUT2D eigenvalue weighted by atomic mass is 32.2. The van der Waals surface area contributed by atoms with Crippen LogP contribution in [0.2, 0.25) is 0 Å². The van der Waals surface area contributed by atoms with Crippen LogP contribution in [0, 0.1) is 6.92 Å². The van der Waals surface area contributed by atoms with Crippen molar-refractivity contribution in [3.05, 3.63) is 29.8 Å². The Balaban J connectivity index is 2.29. The second-order valence-corrected chi connectivity index (χ2v) is 6.20. The Morgan fingerprint density at radius 1 is 1.28 bits per heavy atom. The molecule has 1 aliphatic rings. The number of aryl methyl sites for hydroxylation is 1. The maximum absolute atomic E-state index is 12.3. The molecule has 0 amide bonds. The molecule has 0 spiro atoms. The van der Waals surface area contributed by atoms with E-state index >= 15 is 0 Å². The van der Waals surface area contributed by atoms with Crippen LogP contribution in [0.5, 0.6) is 0 Å². The van der Waals surface area contributed by atoms with E-state index in [0.29, 0.717) is 0 Å². The van der Waals surface area contributed by atoms with Crippen LogP contribution in [0.3, 0.4) is 0 Å². The average Bonchev–Trinajstić information content (AvgIpc) is 3.01. The molecule has 1 aromatic rings. The number of methoxy groups -OCH3 is 1. The van der Waals surface area contributed by atoms with Gasteiger partial charge in [-0.1, -0.05) is 17.7 Å². The number of benzene rings is 1. The molecule has 0 aromatic heterocycles. The fraction of sp³-hybridized carbons (Fsp3) is 0.417. The largest absolute Gasteiger partial charge is 0.468 e. The van der Waals surface area contributed by atoms with Crippen LogP contribution in [0.15, 0.2) is 29.2 Å². The Hall–Kier alpha value is -1.40. The predicted octanol–water partition coefficient (Wildman–Crippen LogP) is 0.929. The number of ether oxygens (including phenoxy) is 1. The summed E-state index contributed by atoms with van der Waals surface area (Å²) in [7, 11) is -2.35. The van der Waals surface area contributed by atoms with Crippen LogP contribution in [-0.4, -0.2) is 37.9 Å². The first-order valence-electron chi connectivity index (χ1n) is 5.57. The monoisotopic (exact) mass is 269 g/mol. The molecule has 0 bridgehead atoms. The van der Waals surface area contributed by atoms with Gasteiger partial charge in [0.2, 0.25) is 10.0 Å². The van der Waals surface area contributed by atoms with Gasteiger partial charge in [-0.2, -0.15) is 4.31 Å². The van der Waals surface area contributed by atoms with Gasteiger partial charge in [-0.25, -0.2) is 8.42 Å². The summed E-state index contributed by atoms with van der Waals surface area (Å²) >= 11 is 0. The van der Waals surface area contributed by atoms with Gasteiger partial charge in [0.1, 0.15) is 6.04 Å². The van der Waals surface area contributed by atoms with E-state index in [1.165, 1.54) is 11.4 Å². The van der Waals surface area contributed by atoms with Gasteiger partial charge in [-0.3, -0.25) is 4.79 Å². The predicted molar refractivity (Wildman–Crippen MR) is 65.5 cm³/mol. The summed E-state index contributed by atoms with van der Waals surface area (Å²) in [4.78, 5) is 11.6. The van der Waals surface area contributed by atoms with Gasteiger partial charge in [0.25, 0.3) is 0 Å². The van der Waals surface area contributed by atoms with E-state index in [4.69, 9.17) is 0 Å². The standard InChI is InChI=1S/C12H15NO4S/c1-8-4-6-10(7-5-8)18(15,16)13-9(2)11(13)12(14)17-3/h4-7,9,11H,1-3H3/t9-,11-,13?/m0/s1. The first-order valence-corrected chi connectivity index (χ1v) is 7.01. The number of nitrogens with zero attached hydrogens (tertiary/aromatic N) is 1. The highest BCUT2D eigenvalue weighted by molar-refractivity contribution is 7.89. The fourth-order valence-corrected chi connectivity index (χ4v) is 3.73. The molecular weight excluding hydrogens is 254 g/mol. The number of sulfonamides is 1. The van der Waals surface area contributed by atoms with Crippen LogP contribution in [0.25, 0.3) is 0 Å². The van der Waals surface area contributed by atoms with Gasteiger partial charge in [0.15, 0.2) is 0 Å². The topological polar surface area (TPSA) is 63.5 Å². The lowest BCUT2D eigenvalue weighted by Gasteiger charge is -2.06. The van der Waals surface area contributed by atoms with E-state index in [0.717, 1.165) is 5.56 Å². The summed E-state index contributed by atoms with van der Waals surface area (Å²) in [5.74, 6) is -0.516. The first kappa shape index (κ1) is 13.0. The zero-order valence-electron chi connectivity index (χ0n) is 10.5. The van der Waals surface area contributed by atoms with E-state index in [2.05, 4.69) is 4.74 Å². The van der Waals surface area contributed by atoms with Crippen molar-refractivity contribution >= 4 is 16.0 Å². The molecule has 3 atom stereocenters.